The van der Waals surface area contributed by atoms with Crippen LogP contribution in [0.15, 0.2) is 18.5 Å². The molecule has 0 radical (unpaired) electrons. The van der Waals surface area contributed by atoms with Gasteiger partial charge in [-0.2, -0.15) is 0 Å². The molecule has 0 saturated carbocycles. The third-order valence-corrected chi connectivity index (χ3v) is 2.82. The highest BCUT2D eigenvalue weighted by atomic mass is 16.6. The Bertz CT molecular complexity index is 768. The van der Waals surface area contributed by atoms with Gasteiger partial charge in [-0.1, -0.05) is 0 Å². The zero-order valence-corrected chi connectivity index (χ0v) is 13.3. The van der Waals surface area contributed by atoms with Crippen LogP contribution in [0.4, 0.5) is 10.5 Å². The number of carbonyl (C=O) groups is 2. The van der Waals surface area contributed by atoms with Crippen molar-refractivity contribution in [3.63, 3.8) is 0 Å². The molecule has 1 aromatic heterocycles. The van der Waals surface area contributed by atoms with Crippen molar-refractivity contribution in [2.75, 3.05) is 12.4 Å². The van der Waals surface area contributed by atoms with Gasteiger partial charge in [0.25, 0.3) is 5.91 Å². The van der Waals surface area contributed by atoms with Crippen LogP contribution in [-0.2, 0) is 4.74 Å². The zero-order chi connectivity index (χ0) is 17.2. The molecular weight excluding hydrogens is 300 g/mol. The van der Waals surface area contributed by atoms with Crippen molar-refractivity contribution in [2.24, 2.45) is 5.73 Å². The van der Waals surface area contributed by atoms with Gasteiger partial charge >= 0.3 is 6.09 Å². The van der Waals surface area contributed by atoms with E-state index in [2.05, 4.69) is 15.3 Å². The van der Waals surface area contributed by atoms with Crippen LogP contribution in [0.2, 0.25) is 0 Å². The lowest BCUT2D eigenvalue weighted by atomic mass is 10.1. The summed E-state index contributed by atoms with van der Waals surface area (Å²) in [6.45, 7) is 5.18. The molecule has 0 atom stereocenters. The van der Waals surface area contributed by atoms with Crippen molar-refractivity contribution in [1.29, 1.82) is 0 Å². The number of nitrogens with one attached hydrogen (secondary N) is 1. The van der Waals surface area contributed by atoms with Gasteiger partial charge in [0.2, 0.25) is 0 Å². The zero-order valence-electron chi connectivity index (χ0n) is 13.3. The maximum absolute atomic E-state index is 12.1. The summed E-state index contributed by atoms with van der Waals surface area (Å²) in [6, 6.07) is 1.53. The van der Waals surface area contributed by atoms with Crippen LogP contribution < -0.4 is 15.8 Å². The monoisotopic (exact) mass is 318 g/mol. The highest BCUT2D eigenvalue weighted by molar-refractivity contribution is 6.11. The van der Waals surface area contributed by atoms with Crippen molar-refractivity contribution in [1.82, 2.24) is 9.97 Å². The molecule has 1 heterocycles. The largest absolute Gasteiger partial charge is 0.496 e. The molecule has 0 saturated heterocycles. The molecule has 2 amide bonds. The van der Waals surface area contributed by atoms with Crippen LogP contribution in [-0.4, -0.2) is 34.7 Å². The predicted molar refractivity (Wildman–Crippen MR) is 84.5 cm³/mol. The molecule has 23 heavy (non-hydrogen) atoms. The van der Waals surface area contributed by atoms with Gasteiger partial charge in [0.15, 0.2) is 0 Å². The molecule has 0 unspecified atom stereocenters. The average Bonchev–Trinajstić information content (AvgIpc) is 2.44. The first-order chi connectivity index (χ1) is 10.7. The Morgan fingerprint density at radius 1 is 1.22 bits per heavy atom. The molecule has 2 rings (SSSR count). The Kier molecular flexibility index (Phi) is 4.35. The van der Waals surface area contributed by atoms with Gasteiger partial charge in [0.1, 0.15) is 22.4 Å². The molecule has 1 aromatic carbocycles. The van der Waals surface area contributed by atoms with Gasteiger partial charge in [-0.15, -0.1) is 0 Å². The molecule has 122 valence electrons. The van der Waals surface area contributed by atoms with Gasteiger partial charge in [-0.25, -0.2) is 4.79 Å². The second-order valence-corrected chi connectivity index (χ2v) is 5.74. The number of carbonyl (C=O) groups excluding carboxylic acids is 2. The summed E-state index contributed by atoms with van der Waals surface area (Å²) in [4.78, 5) is 32.2. The molecule has 0 fully saturated rings. The molecule has 0 aliphatic heterocycles. The van der Waals surface area contributed by atoms with E-state index in [-0.39, 0.29) is 17.0 Å². The molecule has 3 N–H and O–H groups in total. The minimum Gasteiger partial charge on any atom is -0.496 e. The molecule has 0 bridgehead atoms. The summed E-state index contributed by atoms with van der Waals surface area (Å²) < 4.78 is 10.4. The van der Waals surface area contributed by atoms with E-state index in [1.807, 2.05) is 0 Å². The van der Waals surface area contributed by atoms with E-state index in [0.717, 1.165) is 0 Å². The van der Waals surface area contributed by atoms with Crippen molar-refractivity contribution >= 4 is 28.7 Å². The smallest absolute Gasteiger partial charge is 0.412 e. The summed E-state index contributed by atoms with van der Waals surface area (Å²) in [5.41, 5.74) is 5.60. The summed E-state index contributed by atoms with van der Waals surface area (Å²) in [6.07, 6.45) is 2.20. The number of rotatable bonds is 3. The third-order valence-electron chi connectivity index (χ3n) is 2.82. The number of hydrogen-bond donors (Lipinski definition) is 2. The summed E-state index contributed by atoms with van der Waals surface area (Å²) >= 11 is 0. The first kappa shape index (κ1) is 16.5. The molecule has 0 spiro atoms. The SMILES string of the molecule is COc1cc2nccnc2c(NC(=O)OC(C)(C)C)c1C(N)=O. The third kappa shape index (κ3) is 3.65. The number of methoxy groups -OCH3 is 1. The van der Waals surface area contributed by atoms with E-state index in [9.17, 15) is 9.59 Å². The Morgan fingerprint density at radius 3 is 2.43 bits per heavy atom. The van der Waals surface area contributed by atoms with E-state index >= 15 is 0 Å². The Balaban J connectivity index is 2.61. The fourth-order valence-electron chi connectivity index (χ4n) is 2.02. The van der Waals surface area contributed by atoms with Gasteiger partial charge in [-0.05, 0) is 20.8 Å². The van der Waals surface area contributed by atoms with E-state index in [4.69, 9.17) is 15.2 Å². The van der Waals surface area contributed by atoms with Crippen LogP contribution in [0.3, 0.4) is 0 Å². The lowest BCUT2D eigenvalue weighted by molar-refractivity contribution is 0.0636. The number of nitrogens with zero attached hydrogens (tertiary/aromatic N) is 2. The molecular formula is C15H18N4O4. The fourth-order valence-corrected chi connectivity index (χ4v) is 2.02. The maximum Gasteiger partial charge on any atom is 0.412 e. The number of amides is 2. The molecule has 8 nitrogen and oxygen atoms in total. The van der Waals surface area contributed by atoms with Crippen molar-refractivity contribution in [3.05, 3.63) is 24.0 Å². The maximum atomic E-state index is 12.1. The van der Waals surface area contributed by atoms with Gasteiger partial charge < -0.3 is 15.2 Å². The number of ether oxygens (including phenoxy) is 2. The Morgan fingerprint density at radius 2 is 1.87 bits per heavy atom. The molecule has 0 aliphatic carbocycles. The minimum absolute atomic E-state index is 0.00589. The average molecular weight is 318 g/mol. The number of nitrogens with two attached hydrogens (primary N) is 1. The molecule has 8 heteroatoms. The lowest BCUT2D eigenvalue weighted by Crippen LogP contribution is -2.28. The van der Waals surface area contributed by atoms with E-state index < -0.39 is 17.6 Å². The Labute approximate surface area is 133 Å². The Hall–Kier alpha value is -2.90. The minimum atomic E-state index is -0.763. The number of hydrogen-bond acceptors (Lipinski definition) is 6. The van der Waals surface area contributed by atoms with Crippen LogP contribution in [0.25, 0.3) is 11.0 Å². The first-order valence-electron chi connectivity index (χ1n) is 6.84. The van der Waals surface area contributed by atoms with Crippen molar-refractivity contribution in [2.45, 2.75) is 26.4 Å². The number of aromatic nitrogens is 2. The first-order valence-corrected chi connectivity index (χ1v) is 6.84. The quantitative estimate of drug-likeness (QED) is 0.895. The predicted octanol–water partition coefficient (Wildman–Crippen LogP) is 2.08. The second kappa shape index (κ2) is 6.07. The topological polar surface area (TPSA) is 116 Å². The van der Waals surface area contributed by atoms with Gasteiger partial charge in [0, 0.05) is 18.5 Å². The fraction of sp³-hybridized carbons (Fsp3) is 0.333. The van der Waals surface area contributed by atoms with Crippen LogP contribution in [0.5, 0.6) is 5.75 Å². The highest BCUT2D eigenvalue weighted by Gasteiger charge is 2.24. The van der Waals surface area contributed by atoms with E-state index in [1.54, 1.807) is 20.8 Å². The van der Waals surface area contributed by atoms with Gasteiger partial charge in [0.05, 0.1) is 18.3 Å². The van der Waals surface area contributed by atoms with Crippen LogP contribution in [0.1, 0.15) is 31.1 Å². The summed E-state index contributed by atoms with van der Waals surface area (Å²) in [5.74, 6) is -0.572. The molecule has 2 aromatic rings. The highest BCUT2D eigenvalue weighted by Crippen LogP contribution is 2.33. The second-order valence-electron chi connectivity index (χ2n) is 5.74. The lowest BCUT2D eigenvalue weighted by Gasteiger charge is -2.21. The normalized spacial score (nSPS) is 11.1. The number of benzene rings is 1. The van der Waals surface area contributed by atoms with Crippen molar-refractivity contribution < 1.29 is 19.1 Å². The standard InChI is InChI=1S/C15H18N4O4/c1-15(2,3)23-14(21)19-12-10(13(16)20)9(22-4)7-8-11(12)18-6-5-17-8/h5-7H,1-4H3,(H2,16,20)(H,19,21). The number of fused-ring (bicyclic) bond motifs is 1. The van der Waals surface area contributed by atoms with Crippen LogP contribution >= 0.6 is 0 Å². The number of primary amides is 1. The number of anilines is 1. The van der Waals surface area contributed by atoms with Crippen molar-refractivity contribution in [3.8, 4) is 5.75 Å². The van der Waals surface area contributed by atoms with Gasteiger partial charge in [-0.3, -0.25) is 20.1 Å². The summed E-state index contributed by atoms with van der Waals surface area (Å²) in [7, 11) is 1.39. The van der Waals surface area contributed by atoms with E-state index in [1.165, 1.54) is 25.6 Å². The summed E-state index contributed by atoms with van der Waals surface area (Å²) in [5, 5.41) is 2.52. The van der Waals surface area contributed by atoms with E-state index in [0.29, 0.717) is 11.0 Å². The van der Waals surface area contributed by atoms with Crippen LogP contribution in [0, 0.1) is 0 Å². The molecule has 0 aliphatic rings.